The Bertz CT molecular complexity index is 869. The van der Waals surface area contributed by atoms with Crippen LogP contribution in [0, 0.1) is 12.8 Å². The number of carboxylic acids is 1. The Morgan fingerprint density at radius 3 is 2.56 bits per heavy atom. The third-order valence-corrected chi connectivity index (χ3v) is 5.08. The third-order valence-electron chi connectivity index (χ3n) is 4.88. The quantitative estimate of drug-likeness (QED) is 0.677. The summed E-state index contributed by atoms with van der Waals surface area (Å²) in [6, 6.07) is 8.55. The number of benzene rings is 1. The molecule has 27 heavy (non-hydrogen) atoms. The zero-order valence-corrected chi connectivity index (χ0v) is 15.9. The van der Waals surface area contributed by atoms with Gasteiger partial charge in [-0.2, -0.15) is 0 Å². The van der Waals surface area contributed by atoms with Crippen LogP contribution in [-0.4, -0.2) is 22.1 Å². The van der Waals surface area contributed by atoms with Gasteiger partial charge < -0.3 is 20.2 Å². The van der Waals surface area contributed by atoms with E-state index in [0.29, 0.717) is 5.76 Å². The molecule has 7 heteroatoms. The highest BCUT2D eigenvalue weighted by molar-refractivity contribution is 7.80. The van der Waals surface area contributed by atoms with Crippen LogP contribution < -0.4 is 10.6 Å². The molecule has 1 saturated carbocycles. The number of anilines is 1. The number of carbonyl (C=O) groups is 2. The molecule has 3 N–H and O–H groups in total. The van der Waals surface area contributed by atoms with Crippen LogP contribution in [-0.2, 0) is 4.79 Å². The predicted octanol–water partition coefficient (Wildman–Crippen LogP) is 4.35. The number of carboxylic acid groups (broad SMARTS) is 1. The maximum Gasteiger partial charge on any atom is 0.371 e. The van der Waals surface area contributed by atoms with Crippen LogP contribution in [0.3, 0.4) is 0 Å². The highest BCUT2D eigenvalue weighted by Crippen LogP contribution is 2.30. The molecule has 0 aliphatic heterocycles. The minimum Gasteiger partial charge on any atom is -0.475 e. The first kappa shape index (κ1) is 19.1. The summed E-state index contributed by atoms with van der Waals surface area (Å²) < 4.78 is 5.39. The molecule has 1 fully saturated rings. The van der Waals surface area contributed by atoms with E-state index in [9.17, 15) is 9.59 Å². The predicted molar refractivity (Wildman–Crippen MR) is 107 cm³/mol. The molecule has 1 amide bonds. The van der Waals surface area contributed by atoms with Crippen molar-refractivity contribution < 1.29 is 19.1 Å². The van der Waals surface area contributed by atoms with Crippen LogP contribution in [0.15, 0.2) is 34.7 Å². The summed E-state index contributed by atoms with van der Waals surface area (Å²) in [6.45, 7) is 1.88. The molecular weight excluding hydrogens is 364 g/mol. The van der Waals surface area contributed by atoms with E-state index in [1.165, 1.54) is 12.5 Å². The van der Waals surface area contributed by atoms with E-state index in [0.717, 1.165) is 42.5 Å². The van der Waals surface area contributed by atoms with Gasteiger partial charge in [0.25, 0.3) is 0 Å². The smallest absolute Gasteiger partial charge is 0.371 e. The van der Waals surface area contributed by atoms with Gasteiger partial charge in [0.05, 0.1) is 0 Å². The fourth-order valence-corrected chi connectivity index (χ4v) is 3.58. The lowest BCUT2D eigenvalue weighted by Gasteiger charge is -2.21. The molecule has 3 rings (SSSR count). The van der Waals surface area contributed by atoms with Gasteiger partial charge in [-0.05, 0) is 55.7 Å². The Hall–Kier alpha value is -2.67. The van der Waals surface area contributed by atoms with Gasteiger partial charge in [0.1, 0.15) is 5.76 Å². The molecule has 1 aliphatic carbocycles. The maximum atomic E-state index is 12.3. The number of carbonyl (C=O) groups excluding carboxylic acids is 1. The Morgan fingerprint density at radius 1 is 1.15 bits per heavy atom. The molecule has 1 heterocycles. The molecule has 142 valence electrons. The van der Waals surface area contributed by atoms with E-state index in [-0.39, 0.29) is 22.7 Å². The Kier molecular flexibility index (Phi) is 5.91. The summed E-state index contributed by atoms with van der Waals surface area (Å²) >= 11 is 5.30. The zero-order valence-electron chi connectivity index (χ0n) is 15.1. The second-order valence-corrected chi connectivity index (χ2v) is 7.13. The lowest BCUT2D eigenvalue weighted by molar-refractivity contribution is -0.124. The summed E-state index contributed by atoms with van der Waals surface area (Å²) in [4.78, 5) is 23.3. The topological polar surface area (TPSA) is 91.6 Å². The molecule has 0 radical (unpaired) electrons. The average molecular weight is 386 g/mol. The van der Waals surface area contributed by atoms with Crippen molar-refractivity contribution in [2.75, 3.05) is 5.32 Å². The Morgan fingerprint density at radius 2 is 1.89 bits per heavy atom. The van der Waals surface area contributed by atoms with Gasteiger partial charge in [0.15, 0.2) is 5.11 Å². The van der Waals surface area contributed by atoms with Crippen molar-refractivity contribution in [1.82, 2.24) is 5.32 Å². The van der Waals surface area contributed by atoms with E-state index >= 15 is 0 Å². The summed E-state index contributed by atoms with van der Waals surface area (Å²) in [7, 11) is 0. The number of nitrogens with one attached hydrogen (secondary N) is 2. The summed E-state index contributed by atoms with van der Waals surface area (Å²) in [5.41, 5.74) is 2.33. The fraction of sp³-hybridized carbons (Fsp3) is 0.350. The highest BCUT2D eigenvalue weighted by Gasteiger charge is 2.22. The molecule has 0 unspecified atom stereocenters. The van der Waals surface area contributed by atoms with Crippen LogP contribution in [0.4, 0.5) is 5.69 Å². The van der Waals surface area contributed by atoms with Crippen LogP contribution in [0.2, 0.25) is 0 Å². The van der Waals surface area contributed by atoms with Crippen molar-refractivity contribution in [2.45, 2.75) is 39.0 Å². The van der Waals surface area contributed by atoms with Gasteiger partial charge in [-0.3, -0.25) is 4.79 Å². The van der Waals surface area contributed by atoms with E-state index in [2.05, 4.69) is 10.6 Å². The largest absolute Gasteiger partial charge is 0.475 e. The minimum atomic E-state index is -1.11. The van der Waals surface area contributed by atoms with Crippen LogP contribution >= 0.6 is 12.2 Å². The fourth-order valence-electron chi connectivity index (χ4n) is 3.37. The lowest BCUT2D eigenvalue weighted by atomic mass is 9.89. The monoisotopic (exact) mass is 386 g/mol. The molecule has 0 bridgehead atoms. The van der Waals surface area contributed by atoms with Gasteiger partial charge in [0, 0.05) is 17.2 Å². The molecule has 2 aromatic rings. The van der Waals surface area contributed by atoms with Crippen molar-refractivity contribution >= 4 is 34.9 Å². The summed E-state index contributed by atoms with van der Waals surface area (Å²) in [6.07, 6.45) is 5.18. The normalized spacial score (nSPS) is 14.6. The Balaban J connectivity index is 1.70. The molecule has 0 atom stereocenters. The number of rotatable bonds is 4. The Labute approximate surface area is 163 Å². The van der Waals surface area contributed by atoms with Crippen molar-refractivity contribution in [3.63, 3.8) is 0 Å². The van der Waals surface area contributed by atoms with Crippen molar-refractivity contribution in [1.29, 1.82) is 0 Å². The van der Waals surface area contributed by atoms with Crippen LogP contribution in [0.25, 0.3) is 11.3 Å². The van der Waals surface area contributed by atoms with Crippen molar-refractivity contribution in [2.24, 2.45) is 5.92 Å². The molecule has 1 aromatic heterocycles. The van der Waals surface area contributed by atoms with Gasteiger partial charge in [-0.1, -0.05) is 31.4 Å². The molecule has 0 spiro atoms. The van der Waals surface area contributed by atoms with E-state index in [4.69, 9.17) is 21.7 Å². The van der Waals surface area contributed by atoms with Gasteiger partial charge in [0.2, 0.25) is 11.7 Å². The van der Waals surface area contributed by atoms with E-state index in [1.54, 1.807) is 6.07 Å². The first-order valence-electron chi connectivity index (χ1n) is 9.00. The van der Waals surface area contributed by atoms with Crippen LogP contribution in [0.5, 0.6) is 0 Å². The van der Waals surface area contributed by atoms with E-state index in [1.807, 2.05) is 25.1 Å². The third kappa shape index (κ3) is 4.54. The lowest BCUT2D eigenvalue weighted by Crippen LogP contribution is -2.39. The molecule has 6 nitrogen and oxygen atoms in total. The second-order valence-electron chi connectivity index (χ2n) is 6.73. The average Bonchev–Trinajstić information content (AvgIpc) is 3.14. The number of hydrogen-bond donors (Lipinski definition) is 3. The summed E-state index contributed by atoms with van der Waals surface area (Å²) in [5.74, 6) is -0.759. The minimum absolute atomic E-state index is 0.0295. The number of thiocarbonyl (C=S) groups is 1. The van der Waals surface area contributed by atoms with Gasteiger partial charge >= 0.3 is 5.97 Å². The molecule has 1 aromatic carbocycles. The summed E-state index contributed by atoms with van der Waals surface area (Å²) in [5, 5.41) is 15.1. The van der Waals surface area contributed by atoms with Crippen molar-refractivity contribution in [3.8, 4) is 11.3 Å². The first-order chi connectivity index (χ1) is 13.0. The SMILES string of the molecule is Cc1c(NC(=S)NC(=O)C2CCCCC2)cccc1-c1ccc(C(=O)O)o1. The number of amides is 1. The zero-order chi connectivity index (χ0) is 19.4. The number of aromatic carboxylic acids is 1. The van der Waals surface area contributed by atoms with Gasteiger partial charge in [-0.15, -0.1) is 0 Å². The van der Waals surface area contributed by atoms with Crippen LogP contribution in [0.1, 0.15) is 48.2 Å². The number of hydrogen-bond acceptors (Lipinski definition) is 4. The standard InChI is InChI=1S/C20H22N2O4S/c1-12-14(16-10-11-17(26-16)19(24)25)8-5-9-15(12)21-20(27)22-18(23)13-6-3-2-4-7-13/h5,8-11,13H,2-4,6-7H2,1H3,(H,24,25)(H2,21,22,23,27). The molecular formula is C20H22N2O4S. The highest BCUT2D eigenvalue weighted by atomic mass is 32.1. The maximum absolute atomic E-state index is 12.3. The van der Waals surface area contributed by atoms with E-state index < -0.39 is 5.97 Å². The van der Waals surface area contributed by atoms with Gasteiger partial charge in [-0.25, -0.2) is 4.79 Å². The van der Waals surface area contributed by atoms with Crippen molar-refractivity contribution in [3.05, 3.63) is 41.7 Å². The second kappa shape index (κ2) is 8.35. The first-order valence-corrected chi connectivity index (χ1v) is 9.41. The molecule has 1 aliphatic rings. The number of furan rings is 1. The molecule has 0 saturated heterocycles.